The SMILES string of the molecule is Cc1ccc(SCC(=O)Nc2cc(F)ccc2C)c(N)c1. The summed E-state index contributed by atoms with van der Waals surface area (Å²) in [5.74, 6) is -0.330. The van der Waals surface area contributed by atoms with Gasteiger partial charge in [-0.05, 0) is 49.2 Å². The van der Waals surface area contributed by atoms with E-state index in [1.54, 1.807) is 6.07 Å². The lowest BCUT2D eigenvalue weighted by Gasteiger charge is -2.09. The van der Waals surface area contributed by atoms with Crippen LogP contribution in [0.1, 0.15) is 11.1 Å². The second-order valence-corrected chi connectivity index (χ2v) is 5.85. The van der Waals surface area contributed by atoms with Gasteiger partial charge in [-0.15, -0.1) is 11.8 Å². The molecule has 5 heteroatoms. The molecule has 0 unspecified atom stereocenters. The Hall–Kier alpha value is -2.01. The van der Waals surface area contributed by atoms with Crippen LogP contribution in [0.25, 0.3) is 0 Å². The summed E-state index contributed by atoms with van der Waals surface area (Å²) in [6.07, 6.45) is 0. The maximum atomic E-state index is 13.2. The summed E-state index contributed by atoms with van der Waals surface area (Å²) < 4.78 is 13.2. The predicted molar refractivity (Wildman–Crippen MR) is 86.1 cm³/mol. The van der Waals surface area contributed by atoms with Crippen molar-refractivity contribution in [1.29, 1.82) is 0 Å². The number of hydrogen-bond donors (Lipinski definition) is 2. The van der Waals surface area contributed by atoms with Crippen molar-refractivity contribution in [3.05, 3.63) is 53.3 Å². The van der Waals surface area contributed by atoms with Crippen LogP contribution in [0.15, 0.2) is 41.3 Å². The molecule has 0 radical (unpaired) electrons. The molecule has 0 aromatic heterocycles. The van der Waals surface area contributed by atoms with E-state index in [2.05, 4.69) is 5.32 Å². The van der Waals surface area contributed by atoms with Crippen molar-refractivity contribution in [3.63, 3.8) is 0 Å². The number of carbonyl (C=O) groups is 1. The van der Waals surface area contributed by atoms with Crippen molar-refractivity contribution in [2.75, 3.05) is 16.8 Å². The number of halogens is 1. The normalized spacial score (nSPS) is 10.4. The Morgan fingerprint density at radius 3 is 2.71 bits per heavy atom. The molecule has 0 spiro atoms. The molecule has 2 aromatic carbocycles. The van der Waals surface area contributed by atoms with Crippen molar-refractivity contribution >= 4 is 29.0 Å². The third-order valence-corrected chi connectivity index (χ3v) is 4.09. The number of nitrogens with two attached hydrogens (primary N) is 1. The molecule has 1 amide bonds. The average molecular weight is 304 g/mol. The molecule has 0 aliphatic carbocycles. The first kappa shape index (κ1) is 15.4. The molecule has 0 atom stereocenters. The maximum absolute atomic E-state index is 13.2. The third-order valence-electron chi connectivity index (χ3n) is 3.00. The van der Waals surface area contributed by atoms with E-state index in [1.807, 2.05) is 32.0 Å². The van der Waals surface area contributed by atoms with Crippen LogP contribution in [0.3, 0.4) is 0 Å². The van der Waals surface area contributed by atoms with E-state index in [4.69, 9.17) is 5.73 Å². The molecule has 110 valence electrons. The van der Waals surface area contributed by atoms with Gasteiger partial charge in [-0.25, -0.2) is 4.39 Å². The average Bonchev–Trinajstić information content (AvgIpc) is 2.42. The predicted octanol–water partition coefficient (Wildman–Crippen LogP) is 3.76. The smallest absolute Gasteiger partial charge is 0.234 e. The Kier molecular flexibility index (Phi) is 4.85. The zero-order valence-electron chi connectivity index (χ0n) is 11.9. The van der Waals surface area contributed by atoms with Crippen molar-refractivity contribution in [2.24, 2.45) is 0 Å². The summed E-state index contributed by atoms with van der Waals surface area (Å²) in [4.78, 5) is 12.8. The molecule has 0 saturated carbocycles. The number of hydrogen-bond acceptors (Lipinski definition) is 3. The minimum absolute atomic E-state index is 0.186. The Morgan fingerprint density at radius 2 is 2.00 bits per heavy atom. The van der Waals surface area contributed by atoms with E-state index in [0.717, 1.165) is 16.0 Å². The zero-order valence-corrected chi connectivity index (χ0v) is 12.8. The summed E-state index contributed by atoms with van der Waals surface area (Å²) in [5, 5.41) is 2.71. The molecule has 0 bridgehead atoms. The Morgan fingerprint density at radius 1 is 1.24 bits per heavy atom. The van der Waals surface area contributed by atoms with Gasteiger partial charge in [-0.2, -0.15) is 0 Å². The highest BCUT2D eigenvalue weighted by Gasteiger charge is 2.08. The molecule has 2 aromatic rings. The van der Waals surface area contributed by atoms with Crippen LogP contribution in [0, 0.1) is 19.7 Å². The summed E-state index contributed by atoms with van der Waals surface area (Å²) in [7, 11) is 0. The molecule has 0 saturated heterocycles. The number of amides is 1. The number of nitrogens with one attached hydrogen (secondary N) is 1. The van der Waals surface area contributed by atoms with Crippen LogP contribution in [0.4, 0.5) is 15.8 Å². The summed E-state index contributed by atoms with van der Waals surface area (Å²) in [6.45, 7) is 3.78. The molecule has 0 fully saturated rings. The van der Waals surface area contributed by atoms with Gasteiger partial charge in [-0.3, -0.25) is 4.79 Å². The molecule has 0 heterocycles. The highest BCUT2D eigenvalue weighted by Crippen LogP contribution is 2.26. The molecule has 2 rings (SSSR count). The molecule has 0 aliphatic heterocycles. The minimum Gasteiger partial charge on any atom is -0.398 e. The van der Waals surface area contributed by atoms with E-state index in [0.29, 0.717) is 11.4 Å². The highest BCUT2D eigenvalue weighted by atomic mass is 32.2. The van der Waals surface area contributed by atoms with E-state index < -0.39 is 0 Å². The fraction of sp³-hybridized carbons (Fsp3) is 0.188. The van der Waals surface area contributed by atoms with Crippen LogP contribution >= 0.6 is 11.8 Å². The summed E-state index contributed by atoms with van der Waals surface area (Å²) >= 11 is 1.36. The first-order valence-corrected chi connectivity index (χ1v) is 7.49. The third kappa shape index (κ3) is 4.23. The fourth-order valence-electron chi connectivity index (χ4n) is 1.86. The largest absolute Gasteiger partial charge is 0.398 e. The van der Waals surface area contributed by atoms with Gasteiger partial charge in [-0.1, -0.05) is 12.1 Å². The van der Waals surface area contributed by atoms with Crippen molar-refractivity contribution in [3.8, 4) is 0 Å². The maximum Gasteiger partial charge on any atom is 0.234 e. The number of thioether (sulfide) groups is 1. The number of carbonyl (C=O) groups excluding carboxylic acids is 1. The van der Waals surface area contributed by atoms with Gasteiger partial charge in [0.25, 0.3) is 0 Å². The Labute approximate surface area is 127 Å². The van der Waals surface area contributed by atoms with E-state index in [-0.39, 0.29) is 17.5 Å². The first-order valence-electron chi connectivity index (χ1n) is 6.50. The van der Waals surface area contributed by atoms with Crippen LogP contribution in [0.5, 0.6) is 0 Å². The van der Waals surface area contributed by atoms with Crippen molar-refractivity contribution in [2.45, 2.75) is 18.7 Å². The lowest BCUT2D eigenvalue weighted by molar-refractivity contribution is -0.113. The van der Waals surface area contributed by atoms with Crippen LogP contribution in [0.2, 0.25) is 0 Å². The Bertz CT molecular complexity index is 673. The van der Waals surface area contributed by atoms with Crippen LogP contribution < -0.4 is 11.1 Å². The monoisotopic (exact) mass is 304 g/mol. The zero-order chi connectivity index (χ0) is 15.4. The van der Waals surface area contributed by atoms with Gasteiger partial charge in [0, 0.05) is 16.3 Å². The molecular formula is C16H17FN2OS. The van der Waals surface area contributed by atoms with Crippen molar-refractivity contribution < 1.29 is 9.18 Å². The highest BCUT2D eigenvalue weighted by molar-refractivity contribution is 8.00. The number of rotatable bonds is 4. The number of nitrogen functional groups attached to an aromatic ring is 1. The van der Waals surface area contributed by atoms with Crippen molar-refractivity contribution in [1.82, 2.24) is 0 Å². The van der Waals surface area contributed by atoms with Gasteiger partial charge in [0.1, 0.15) is 5.82 Å². The van der Waals surface area contributed by atoms with Gasteiger partial charge in [0.15, 0.2) is 0 Å². The van der Waals surface area contributed by atoms with Crippen LogP contribution in [-0.4, -0.2) is 11.7 Å². The minimum atomic E-state index is -0.369. The van der Waals surface area contributed by atoms with Gasteiger partial charge < -0.3 is 11.1 Å². The summed E-state index contributed by atoms with van der Waals surface area (Å²) in [6, 6.07) is 10.0. The Balaban J connectivity index is 1.97. The lowest BCUT2D eigenvalue weighted by atomic mass is 10.2. The standard InChI is InChI=1S/C16H17FN2OS/c1-10-3-6-15(13(18)7-10)21-9-16(20)19-14-8-12(17)5-4-11(14)2/h3-8H,9,18H2,1-2H3,(H,19,20). The van der Waals surface area contributed by atoms with Gasteiger partial charge in [0.2, 0.25) is 5.91 Å². The van der Waals surface area contributed by atoms with Crippen LogP contribution in [-0.2, 0) is 4.79 Å². The second-order valence-electron chi connectivity index (χ2n) is 4.84. The number of anilines is 2. The molecule has 3 N–H and O–H groups in total. The van der Waals surface area contributed by atoms with E-state index in [1.165, 1.54) is 23.9 Å². The second kappa shape index (κ2) is 6.63. The van der Waals surface area contributed by atoms with Gasteiger partial charge >= 0.3 is 0 Å². The first-order chi connectivity index (χ1) is 9.95. The topological polar surface area (TPSA) is 55.1 Å². The fourth-order valence-corrected chi connectivity index (χ4v) is 2.61. The molecular weight excluding hydrogens is 287 g/mol. The molecule has 21 heavy (non-hydrogen) atoms. The molecule has 0 aliphatic rings. The lowest BCUT2D eigenvalue weighted by Crippen LogP contribution is -2.15. The molecule has 3 nitrogen and oxygen atoms in total. The number of benzene rings is 2. The van der Waals surface area contributed by atoms with E-state index in [9.17, 15) is 9.18 Å². The quantitative estimate of drug-likeness (QED) is 0.668. The number of aryl methyl sites for hydroxylation is 2. The van der Waals surface area contributed by atoms with Gasteiger partial charge in [0.05, 0.1) is 5.75 Å². The van der Waals surface area contributed by atoms with E-state index >= 15 is 0 Å². The summed E-state index contributed by atoms with van der Waals surface area (Å²) in [5.41, 5.74) is 8.97.